The van der Waals surface area contributed by atoms with E-state index in [1.807, 2.05) is 27.7 Å². The number of aliphatic hydroxyl groups is 1. The maximum absolute atomic E-state index is 12.6. The molecule has 0 bridgehead atoms. The summed E-state index contributed by atoms with van der Waals surface area (Å²) >= 11 is 0. The summed E-state index contributed by atoms with van der Waals surface area (Å²) in [6.45, 7) is 12.0. The Bertz CT molecular complexity index is 1510. The van der Waals surface area contributed by atoms with Gasteiger partial charge in [0, 0.05) is 30.4 Å². The van der Waals surface area contributed by atoms with Crippen LogP contribution in [0.25, 0.3) is 0 Å². The fourth-order valence-corrected chi connectivity index (χ4v) is 6.92. The highest BCUT2D eigenvalue weighted by atomic mass is 16.5. The summed E-state index contributed by atoms with van der Waals surface area (Å²) in [7, 11) is 0. The van der Waals surface area contributed by atoms with Gasteiger partial charge in [-0.15, -0.1) is 0 Å². The van der Waals surface area contributed by atoms with Gasteiger partial charge in [-0.05, 0) is 93.2 Å². The third-order valence-corrected chi connectivity index (χ3v) is 9.56. The molecular weight excluding hydrogens is 508 g/mol. The number of ether oxygens (including phenoxy) is 2. The topological polar surface area (TPSA) is 113 Å². The van der Waals surface area contributed by atoms with E-state index < -0.39 is 28.2 Å². The van der Waals surface area contributed by atoms with E-state index in [0.29, 0.717) is 37.2 Å². The summed E-state index contributed by atoms with van der Waals surface area (Å²) in [6.07, 6.45) is 6.29. The Morgan fingerprint density at radius 1 is 0.800 bits per heavy atom. The summed E-state index contributed by atoms with van der Waals surface area (Å²) in [5.41, 5.74) is 0.287. The second kappa shape index (κ2) is 9.65. The summed E-state index contributed by atoms with van der Waals surface area (Å²) in [4.78, 5) is 25.0. The lowest BCUT2D eigenvalue weighted by Gasteiger charge is -2.49. The lowest BCUT2D eigenvalue weighted by atomic mass is 9.67. The van der Waals surface area contributed by atoms with Gasteiger partial charge < -0.3 is 24.8 Å². The molecule has 7 nitrogen and oxygen atoms in total. The van der Waals surface area contributed by atoms with Crippen LogP contribution >= 0.6 is 0 Å². The Kier molecular flexibility index (Phi) is 6.81. The van der Waals surface area contributed by atoms with Crippen molar-refractivity contribution in [1.82, 2.24) is 0 Å². The molecule has 2 aromatic carbocycles. The summed E-state index contributed by atoms with van der Waals surface area (Å²) in [6, 6.07) is 5.68. The number of fused-ring (bicyclic) bond motifs is 4. The first-order valence-corrected chi connectivity index (χ1v) is 14.1. The normalized spacial score (nSPS) is 30.7. The van der Waals surface area contributed by atoms with Crippen LogP contribution in [0.2, 0.25) is 0 Å². The van der Waals surface area contributed by atoms with Crippen LogP contribution in [0.1, 0.15) is 69.2 Å². The van der Waals surface area contributed by atoms with Crippen LogP contribution in [0.3, 0.4) is 0 Å². The maximum atomic E-state index is 12.6. The average Bonchev–Trinajstić information content (AvgIpc) is 3.01. The molecule has 0 spiro atoms. The summed E-state index contributed by atoms with van der Waals surface area (Å²) in [5, 5.41) is 32.4. The Labute approximate surface area is 235 Å². The van der Waals surface area contributed by atoms with Crippen molar-refractivity contribution in [3.05, 3.63) is 79.1 Å². The second-order valence-electron chi connectivity index (χ2n) is 13.2. The second-order valence-corrected chi connectivity index (χ2v) is 13.2. The first kappa shape index (κ1) is 28.2. The predicted octanol–water partition coefficient (Wildman–Crippen LogP) is 4.88. The molecule has 0 unspecified atom stereocenters. The Morgan fingerprint density at radius 2 is 1.32 bits per heavy atom. The first-order chi connectivity index (χ1) is 18.6. The highest BCUT2D eigenvalue weighted by Crippen LogP contribution is 2.49. The van der Waals surface area contributed by atoms with Crippen molar-refractivity contribution in [1.29, 1.82) is 0 Å². The molecule has 0 amide bonds. The largest absolute Gasteiger partial charge is 0.504 e. The Balaban J connectivity index is 1.63. The SMILES string of the molecule is Cc1cc(O)c(=O)cc2c1C[C@H]1CC(C)(C)C=CC[C@]3(C)Oc4cc(=O)c(O)cc(C)c4C[C@H]3C[C@H](O)[C@@]1(C)O2. The zero-order valence-corrected chi connectivity index (χ0v) is 24.2. The standard InChI is InChI=1S/C33H40O7/c1-18-10-24(34)26(36)15-28-22(18)12-20-14-30(38)33(6)21(17-31(3,4)8-7-9-32(20,5)39-28)13-23-19(2)11-25(35)27(37)16-29(23)40-33/h7-8,10-11,15-16,20-21,30,38H,9,12-14,17H2,1-6H3,(H,34,36)(H,35,37)/t20-,21-,30-,32-,33-/m0/s1. The monoisotopic (exact) mass is 548 g/mol. The minimum absolute atomic E-state index is 0.0753. The molecule has 0 aromatic heterocycles. The van der Waals surface area contributed by atoms with Gasteiger partial charge in [-0.3, -0.25) is 9.59 Å². The number of hydrogen-bond acceptors (Lipinski definition) is 7. The zero-order valence-electron chi connectivity index (χ0n) is 24.2. The van der Waals surface area contributed by atoms with Crippen LogP contribution in [0, 0.1) is 31.1 Å². The lowest BCUT2D eigenvalue weighted by molar-refractivity contribution is -0.117. The molecule has 40 heavy (non-hydrogen) atoms. The van der Waals surface area contributed by atoms with Crippen LogP contribution in [0.5, 0.6) is 23.0 Å². The van der Waals surface area contributed by atoms with E-state index in [1.165, 1.54) is 24.3 Å². The lowest BCUT2D eigenvalue weighted by Crippen LogP contribution is -2.57. The van der Waals surface area contributed by atoms with Crippen molar-refractivity contribution in [3.8, 4) is 23.0 Å². The molecule has 0 saturated carbocycles. The number of aryl methyl sites for hydroxylation is 2. The van der Waals surface area contributed by atoms with E-state index in [1.54, 1.807) is 0 Å². The average molecular weight is 549 g/mol. The van der Waals surface area contributed by atoms with E-state index in [0.717, 1.165) is 28.7 Å². The van der Waals surface area contributed by atoms with Crippen molar-refractivity contribution in [3.63, 3.8) is 0 Å². The van der Waals surface area contributed by atoms with Crippen molar-refractivity contribution >= 4 is 0 Å². The molecule has 2 heterocycles. The Hall–Kier alpha value is -3.32. The molecule has 1 aliphatic carbocycles. The van der Waals surface area contributed by atoms with E-state index in [4.69, 9.17) is 9.47 Å². The van der Waals surface area contributed by atoms with Crippen LogP contribution in [0.4, 0.5) is 0 Å². The number of rotatable bonds is 0. The van der Waals surface area contributed by atoms with E-state index in [2.05, 4.69) is 26.0 Å². The summed E-state index contributed by atoms with van der Waals surface area (Å²) in [5.74, 6) is 0.0238. The molecule has 2 aliphatic heterocycles. The van der Waals surface area contributed by atoms with Crippen molar-refractivity contribution in [2.24, 2.45) is 17.3 Å². The number of aromatic hydroxyl groups is 2. The molecule has 5 rings (SSSR count). The van der Waals surface area contributed by atoms with Crippen LogP contribution < -0.4 is 20.3 Å². The van der Waals surface area contributed by atoms with Gasteiger partial charge in [-0.2, -0.15) is 0 Å². The van der Waals surface area contributed by atoms with Gasteiger partial charge in [-0.1, -0.05) is 26.0 Å². The number of aliphatic hydroxyl groups excluding tert-OH is 1. The minimum Gasteiger partial charge on any atom is -0.504 e. The molecule has 7 heteroatoms. The highest BCUT2D eigenvalue weighted by molar-refractivity contribution is 5.46. The van der Waals surface area contributed by atoms with E-state index in [-0.39, 0.29) is 28.7 Å². The van der Waals surface area contributed by atoms with E-state index >= 15 is 0 Å². The van der Waals surface area contributed by atoms with Gasteiger partial charge in [-0.25, -0.2) is 0 Å². The first-order valence-electron chi connectivity index (χ1n) is 14.1. The molecule has 214 valence electrons. The maximum Gasteiger partial charge on any atom is 0.223 e. The smallest absolute Gasteiger partial charge is 0.223 e. The molecular formula is C33H40O7. The van der Waals surface area contributed by atoms with Gasteiger partial charge in [0.25, 0.3) is 0 Å². The number of hydrogen-bond donors (Lipinski definition) is 3. The Morgan fingerprint density at radius 3 is 1.90 bits per heavy atom. The van der Waals surface area contributed by atoms with Crippen molar-refractivity contribution in [2.75, 3.05) is 0 Å². The fourth-order valence-electron chi connectivity index (χ4n) is 6.92. The molecule has 0 radical (unpaired) electrons. The van der Waals surface area contributed by atoms with Gasteiger partial charge in [0.05, 0.1) is 6.10 Å². The minimum atomic E-state index is -1.01. The zero-order chi connectivity index (χ0) is 29.2. The molecule has 0 saturated heterocycles. The third kappa shape index (κ3) is 4.89. The predicted molar refractivity (Wildman–Crippen MR) is 153 cm³/mol. The molecule has 2 aromatic rings. The van der Waals surface area contributed by atoms with Crippen LogP contribution in [-0.2, 0) is 12.8 Å². The van der Waals surface area contributed by atoms with Crippen LogP contribution in [0.15, 0.2) is 46.0 Å². The number of allylic oxidation sites excluding steroid dienone is 1. The van der Waals surface area contributed by atoms with Crippen molar-refractivity contribution in [2.45, 2.75) is 91.0 Å². The quantitative estimate of drug-likeness (QED) is 0.402. The third-order valence-electron chi connectivity index (χ3n) is 9.56. The molecule has 5 atom stereocenters. The highest BCUT2D eigenvalue weighted by Gasteiger charge is 2.51. The molecule has 0 fully saturated rings. The van der Waals surface area contributed by atoms with E-state index in [9.17, 15) is 24.9 Å². The van der Waals surface area contributed by atoms with Crippen molar-refractivity contribution < 1.29 is 24.8 Å². The van der Waals surface area contributed by atoms with Gasteiger partial charge in [0.2, 0.25) is 10.9 Å². The van der Waals surface area contributed by atoms with Gasteiger partial charge >= 0.3 is 0 Å². The summed E-state index contributed by atoms with van der Waals surface area (Å²) < 4.78 is 13.2. The van der Waals surface area contributed by atoms with Gasteiger partial charge in [0.1, 0.15) is 22.7 Å². The fraction of sp³-hybridized carbons (Fsp3) is 0.515. The van der Waals surface area contributed by atoms with Crippen LogP contribution in [-0.4, -0.2) is 32.6 Å². The molecule has 3 aliphatic rings. The molecule has 3 N–H and O–H groups in total. The van der Waals surface area contributed by atoms with Gasteiger partial charge in [0.15, 0.2) is 11.5 Å².